The van der Waals surface area contributed by atoms with Gasteiger partial charge in [0.1, 0.15) is 17.9 Å². The second-order valence-electron chi connectivity index (χ2n) is 4.65. The van der Waals surface area contributed by atoms with Crippen LogP contribution >= 0.6 is 11.3 Å². The van der Waals surface area contributed by atoms with E-state index in [4.69, 9.17) is 0 Å². The fraction of sp³-hybridized carbons (Fsp3) is 0.125. The minimum absolute atomic E-state index is 0.0699. The van der Waals surface area contributed by atoms with Crippen molar-refractivity contribution in [1.82, 2.24) is 9.55 Å². The summed E-state index contributed by atoms with van der Waals surface area (Å²) in [5.74, 6) is 0.921. The van der Waals surface area contributed by atoms with Crippen LogP contribution in [0.25, 0.3) is 0 Å². The van der Waals surface area contributed by atoms with Gasteiger partial charge in [-0.15, -0.1) is 11.3 Å². The van der Waals surface area contributed by atoms with Gasteiger partial charge in [-0.25, -0.2) is 4.98 Å². The highest BCUT2D eigenvalue weighted by Gasteiger charge is 2.20. The highest BCUT2D eigenvalue weighted by molar-refractivity contribution is 7.10. The van der Waals surface area contributed by atoms with Gasteiger partial charge in [-0.3, -0.25) is 0 Å². The van der Waals surface area contributed by atoms with Gasteiger partial charge < -0.3 is 9.88 Å². The van der Waals surface area contributed by atoms with E-state index in [-0.39, 0.29) is 6.04 Å². The van der Waals surface area contributed by atoms with Crippen LogP contribution in [0, 0.1) is 11.3 Å². The summed E-state index contributed by atoms with van der Waals surface area (Å²) in [6, 6.07) is 13.8. The minimum atomic E-state index is -0.0699. The molecule has 2 heterocycles. The van der Waals surface area contributed by atoms with Crippen molar-refractivity contribution < 1.29 is 0 Å². The lowest BCUT2D eigenvalue weighted by molar-refractivity contribution is 0.756. The molecule has 4 nitrogen and oxygen atoms in total. The van der Waals surface area contributed by atoms with E-state index in [1.807, 2.05) is 53.5 Å². The molecule has 104 valence electrons. The van der Waals surface area contributed by atoms with Crippen LogP contribution in [0.5, 0.6) is 0 Å². The summed E-state index contributed by atoms with van der Waals surface area (Å²) in [6.45, 7) is 0. The number of nitrogens with one attached hydrogen (secondary N) is 1. The highest BCUT2D eigenvalue weighted by atomic mass is 32.1. The number of imidazole rings is 1. The van der Waals surface area contributed by atoms with Crippen molar-refractivity contribution in [2.75, 3.05) is 5.32 Å². The van der Waals surface area contributed by atoms with E-state index in [1.165, 1.54) is 0 Å². The summed E-state index contributed by atoms with van der Waals surface area (Å²) in [6.07, 6.45) is 3.71. The Bertz CT molecular complexity index is 768. The van der Waals surface area contributed by atoms with Gasteiger partial charge >= 0.3 is 0 Å². The molecule has 0 saturated carbocycles. The molecule has 0 aliphatic carbocycles. The Morgan fingerprint density at radius 3 is 2.81 bits per heavy atom. The largest absolute Gasteiger partial charge is 0.370 e. The molecule has 1 atom stereocenters. The summed E-state index contributed by atoms with van der Waals surface area (Å²) in [5, 5.41) is 14.7. The van der Waals surface area contributed by atoms with Crippen molar-refractivity contribution in [3.63, 3.8) is 0 Å². The number of para-hydroxylation sites is 1. The first-order chi connectivity index (χ1) is 10.3. The van der Waals surface area contributed by atoms with E-state index in [1.54, 1.807) is 17.5 Å². The molecular weight excluding hydrogens is 280 g/mol. The fourth-order valence-electron chi connectivity index (χ4n) is 2.24. The normalized spacial score (nSPS) is 11.8. The molecule has 0 saturated heterocycles. The van der Waals surface area contributed by atoms with Crippen molar-refractivity contribution in [2.24, 2.45) is 7.05 Å². The van der Waals surface area contributed by atoms with Gasteiger partial charge in [0.25, 0.3) is 0 Å². The topological polar surface area (TPSA) is 53.6 Å². The van der Waals surface area contributed by atoms with Crippen LogP contribution in [0.4, 0.5) is 5.69 Å². The molecule has 5 heteroatoms. The molecule has 0 fully saturated rings. The van der Waals surface area contributed by atoms with E-state index in [0.717, 1.165) is 16.4 Å². The van der Waals surface area contributed by atoms with Crippen molar-refractivity contribution in [3.05, 3.63) is 70.4 Å². The van der Waals surface area contributed by atoms with Gasteiger partial charge in [-0.1, -0.05) is 18.2 Å². The summed E-state index contributed by atoms with van der Waals surface area (Å²) in [7, 11) is 1.97. The van der Waals surface area contributed by atoms with Crippen molar-refractivity contribution >= 4 is 17.0 Å². The number of hydrogen-bond donors (Lipinski definition) is 1. The third kappa shape index (κ3) is 2.67. The second-order valence-corrected chi connectivity index (χ2v) is 5.63. The predicted octanol–water partition coefficient (Wildman–Crippen LogP) is 3.55. The SMILES string of the molecule is Cn1ccnc1C(Nc1ccccc1C#N)c1cccs1. The quantitative estimate of drug-likeness (QED) is 0.800. The third-order valence-corrected chi connectivity index (χ3v) is 4.23. The van der Waals surface area contributed by atoms with E-state index in [0.29, 0.717) is 5.56 Å². The average molecular weight is 294 g/mol. The fourth-order valence-corrected chi connectivity index (χ4v) is 3.01. The van der Waals surface area contributed by atoms with Gasteiger partial charge in [-0.05, 0) is 23.6 Å². The highest BCUT2D eigenvalue weighted by Crippen LogP contribution is 2.29. The molecule has 3 rings (SSSR count). The zero-order valence-electron chi connectivity index (χ0n) is 11.5. The first kappa shape index (κ1) is 13.4. The van der Waals surface area contributed by atoms with Crippen LogP contribution in [0.1, 0.15) is 22.3 Å². The molecule has 2 aromatic heterocycles. The molecule has 21 heavy (non-hydrogen) atoms. The molecular formula is C16H14N4S. The number of aromatic nitrogens is 2. The Kier molecular flexibility index (Phi) is 3.71. The lowest BCUT2D eigenvalue weighted by Gasteiger charge is -2.19. The van der Waals surface area contributed by atoms with E-state index < -0.39 is 0 Å². The maximum Gasteiger partial charge on any atom is 0.136 e. The van der Waals surface area contributed by atoms with Crippen molar-refractivity contribution in [3.8, 4) is 6.07 Å². The maximum absolute atomic E-state index is 9.24. The van der Waals surface area contributed by atoms with Crippen LogP contribution in [0.2, 0.25) is 0 Å². The number of nitrogens with zero attached hydrogens (tertiary/aromatic N) is 3. The molecule has 0 spiro atoms. The van der Waals surface area contributed by atoms with Crippen molar-refractivity contribution in [1.29, 1.82) is 5.26 Å². The minimum Gasteiger partial charge on any atom is -0.370 e. The zero-order chi connectivity index (χ0) is 14.7. The molecule has 0 amide bonds. The Balaban J connectivity index is 2.02. The average Bonchev–Trinajstić information content (AvgIpc) is 3.17. The number of anilines is 1. The smallest absolute Gasteiger partial charge is 0.136 e. The van der Waals surface area contributed by atoms with Crippen LogP contribution in [-0.2, 0) is 7.05 Å². The van der Waals surface area contributed by atoms with Crippen LogP contribution in [0.15, 0.2) is 54.2 Å². The number of benzene rings is 1. The maximum atomic E-state index is 9.24. The Labute approximate surface area is 127 Å². The molecule has 3 aromatic rings. The van der Waals surface area contributed by atoms with E-state index in [2.05, 4.69) is 22.4 Å². The summed E-state index contributed by atoms with van der Waals surface area (Å²) >= 11 is 1.67. The van der Waals surface area contributed by atoms with E-state index in [9.17, 15) is 5.26 Å². The number of aryl methyl sites for hydroxylation is 1. The van der Waals surface area contributed by atoms with Gasteiger partial charge in [0.05, 0.1) is 11.3 Å². The summed E-state index contributed by atoms with van der Waals surface area (Å²) in [4.78, 5) is 5.61. The Morgan fingerprint density at radius 1 is 1.29 bits per heavy atom. The van der Waals surface area contributed by atoms with Crippen LogP contribution in [0.3, 0.4) is 0 Å². The first-order valence-electron chi connectivity index (χ1n) is 6.56. The summed E-state index contributed by atoms with van der Waals surface area (Å²) < 4.78 is 1.99. The number of rotatable bonds is 4. The van der Waals surface area contributed by atoms with Crippen LogP contribution in [-0.4, -0.2) is 9.55 Å². The molecule has 1 N–H and O–H groups in total. The van der Waals surface area contributed by atoms with Gasteiger partial charge in [0.15, 0.2) is 0 Å². The van der Waals surface area contributed by atoms with Crippen LogP contribution < -0.4 is 5.32 Å². The molecule has 0 bridgehead atoms. The molecule has 1 aromatic carbocycles. The van der Waals surface area contributed by atoms with Gasteiger partial charge in [-0.2, -0.15) is 5.26 Å². The standard InChI is InChI=1S/C16H14N4S/c1-20-9-8-18-16(20)15(14-7-4-10-21-14)19-13-6-3-2-5-12(13)11-17/h2-10,15,19H,1H3. The zero-order valence-corrected chi connectivity index (χ0v) is 12.3. The van der Waals surface area contributed by atoms with Crippen molar-refractivity contribution in [2.45, 2.75) is 6.04 Å². The second kappa shape index (κ2) is 5.81. The molecule has 1 unspecified atom stereocenters. The lowest BCUT2D eigenvalue weighted by Crippen LogP contribution is -2.16. The number of thiophene rings is 1. The monoisotopic (exact) mass is 294 g/mol. The Hall–Kier alpha value is -2.58. The number of hydrogen-bond acceptors (Lipinski definition) is 4. The number of nitriles is 1. The molecule has 0 radical (unpaired) electrons. The van der Waals surface area contributed by atoms with Gasteiger partial charge in [0.2, 0.25) is 0 Å². The van der Waals surface area contributed by atoms with E-state index >= 15 is 0 Å². The first-order valence-corrected chi connectivity index (χ1v) is 7.44. The van der Waals surface area contributed by atoms with Gasteiger partial charge in [0, 0.05) is 24.3 Å². The lowest BCUT2D eigenvalue weighted by atomic mass is 10.1. The molecule has 0 aliphatic heterocycles. The third-order valence-electron chi connectivity index (χ3n) is 3.29. The summed E-state index contributed by atoms with van der Waals surface area (Å²) in [5.41, 5.74) is 1.45. The Morgan fingerprint density at radius 2 is 2.14 bits per heavy atom. The predicted molar refractivity (Wildman–Crippen MR) is 84.1 cm³/mol. The molecule has 0 aliphatic rings.